The van der Waals surface area contributed by atoms with Crippen LogP contribution in [0.25, 0.3) is 10.9 Å². The van der Waals surface area contributed by atoms with E-state index in [-0.39, 0.29) is 17.6 Å². The standard InChI is InChI=1S/C21H20FN3O2/c1-13-10-18(17-9-8-16(22)11-19(17)24-13)21(27)25(3)12-14-4-6-15(7-5-14)20(26)23-2/h4-11H,12H2,1-3H3,(H,23,26). The van der Waals surface area contributed by atoms with Crippen LogP contribution in [0.3, 0.4) is 0 Å². The summed E-state index contributed by atoms with van der Waals surface area (Å²) in [6.07, 6.45) is 0. The molecule has 0 aliphatic carbocycles. The van der Waals surface area contributed by atoms with E-state index in [0.29, 0.717) is 34.3 Å². The molecule has 2 amide bonds. The molecule has 0 aliphatic heterocycles. The van der Waals surface area contributed by atoms with Crippen LogP contribution in [-0.4, -0.2) is 35.8 Å². The van der Waals surface area contributed by atoms with Gasteiger partial charge in [-0.15, -0.1) is 0 Å². The topological polar surface area (TPSA) is 62.3 Å². The monoisotopic (exact) mass is 365 g/mol. The maximum absolute atomic E-state index is 13.5. The number of nitrogens with one attached hydrogen (secondary N) is 1. The lowest BCUT2D eigenvalue weighted by atomic mass is 10.1. The Labute approximate surface area is 156 Å². The lowest BCUT2D eigenvalue weighted by molar-refractivity contribution is 0.0786. The van der Waals surface area contributed by atoms with Gasteiger partial charge in [-0.3, -0.25) is 14.6 Å². The maximum Gasteiger partial charge on any atom is 0.254 e. The first-order valence-electron chi connectivity index (χ1n) is 8.52. The molecule has 2 aromatic carbocycles. The fourth-order valence-corrected chi connectivity index (χ4v) is 2.97. The normalized spacial score (nSPS) is 10.7. The number of halogens is 1. The van der Waals surface area contributed by atoms with Gasteiger partial charge in [-0.2, -0.15) is 0 Å². The summed E-state index contributed by atoms with van der Waals surface area (Å²) in [5.74, 6) is -0.715. The molecule has 0 saturated heterocycles. The second-order valence-electron chi connectivity index (χ2n) is 6.41. The third-order valence-electron chi connectivity index (χ3n) is 4.34. The van der Waals surface area contributed by atoms with Crippen LogP contribution in [0.4, 0.5) is 4.39 Å². The third-order valence-corrected chi connectivity index (χ3v) is 4.34. The maximum atomic E-state index is 13.5. The van der Waals surface area contributed by atoms with E-state index in [1.807, 2.05) is 12.1 Å². The van der Waals surface area contributed by atoms with E-state index in [2.05, 4.69) is 10.3 Å². The lowest BCUT2D eigenvalue weighted by Crippen LogP contribution is -2.26. The van der Waals surface area contributed by atoms with Crippen molar-refractivity contribution >= 4 is 22.7 Å². The van der Waals surface area contributed by atoms with E-state index < -0.39 is 0 Å². The number of benzene rings is 2. The van der Waals surface area contributed by atoms with Gasteiger partial charge in [0.1, 0.15) is 5.82 Å². The van der Waals surface area contributed by atoms with E-state index >= 15 is 0 Å². The summed E-state index contributed by atoms with van der Waals surface area (Å²) in [5, 5.41) is 3.19. The van der Waals surface area contributed by atoms with Gasteiger partial charge in [-0.1, -0.05) is 12.1 Å². The van der Waals surface area contributed by atoms with Crippen molar-refractivity contribution in [3.05, 3.63) is 76.7 Å². The molecule has 5 nitrogen and oxygen atoms in total. The van der Waals surface area contributed by atoms with Crippen LogP contribution >= 0.6 is 0 Å². The zero-order valence-electron chi connectivity index (χ0n) is 15.4. The first kappa shape index (κ1) is 18.5. The van der Waals surface area contributed by atoms with Crippen LogP contribution in [0.5, 0.6) is 0 Å². The van der Waals surface area contributed by atoms with Gasteiger partial charge in [-0.05, 0) is 42.8 Å². The molecule has 0 atom stereocenters. The first-order valence-corrected chi connectivity index (χ1v) is 8.52. The van der Waals surface area contributed by atoms with E-state index in [4.69, 9.17) is 0 Å². The number of carbonyl (C=O) groups excluding carboxylic acids is 2. The second kappa shape index (κ2) is 7.53. The summed E-state index contributed by atoms with van der Waals surface area (Å²) in [4.78, 5) is 30.5. The van der Waals surface area contributed by atoms with Gasteiger partial charge in [0.25, 0.3) is 11.8 Å². The summed E-state index contributed by atoms with van der Waals surface area (Å²) >= 11 is 0. The van der Waals surface area contributed by atoms with Crippen LogP contribution in [-0.2, 0) is 6.54 Å². The third kappa shape index (κ3) is 3.95. The highest BCUT2D eigenvalue weighted by molar-refractivity contribution is 6.06. The molecule has 0 spiro atoms. The van der Waals surface area contributed by atoms with E-state index in [1.165, 1.54) is 12.1 Å². The predicted molar refractivity (Wildman–Crippen MR) is 102 cm³/mol. The summed E-state index contributed by atoms with van der Waals surface area (Å²) < 4.78 is 13.5. The Morgan fingerprint density at radius 3 is 2.48 bits per heavy atom. The molecule has 138 valence electrons. The number of hydrogen-bond acceptors (Lipinski definition) is 3. The second-order valence-corrected chi connectivity index (χ2v) is 6.41. The number of pyridine rings is 1. The lowest BCUT2D eigenvalue weighted by Gasteiger charge is -2.19. The highest BCUT2D eigenvalue weighted by atomic mass is 19.1. The van der Waals surface area contributed by atoms with Crippen molar-refractivity contribution in [2.75, 3.05) is 14.1 Å². The molecule has 0 saturated carbocycles. The van der Waals surface area contributed by atoms with Crippen molar-refractivity contribution in [3.8, 4) is 0 Å². The number of amides is 2. The average molecular weight is 365 g/mol. The van der Waals surface area contributed by atoms with Gasteiger partial charge in [-0.25, -0.2) is 4.39 Å². The molecule has 0 bridgehead atoms. The molecule has 1 heterocycles. The summed E-state index contributed by atoms with van der Waals surface area (Å²) in [5.41, 5.74) is 3.07. The molecule has 0 radical (unpaired) electrons. The molecule has 0 aliphatic rings. The van der Waals surface area contributed by atoms with Crippen molar-refractivity contribution in [1.29, 1.82) is 0 Å². The molecule has 3 aromatic rings. The van der Waals surface area contributed by atoms with Gasteiger partial charge in [0.05, 0.1) is 11.1 Å². The van der Waals surface area contributed by atoms with Crippen molar-refractivity contribution < 1.29 is 14.0 Å². The number of hydrogen-bond donors (Lipinski definition) is 1. The Morgan fingerprint density at radius 2 is 1.81 bits per heavy atom. The minimum absolute atomic E-state index is 0.156. The number of aryl methyl sites for hydroxylation is 1. The van der Waals surface area contributed by atoms with E-state index in [1.54, 1.807) is 50.2 Å². The fourth-order valence-electron chi connectivity index (χ4n) is 2.97. The van der Waals surface area contributed by atoms with Crippen LogP contribution in [0.1, 0.15) is 32.0 Å². The molecular weight excluding hydrogens is 345 g/mol. The number of nitrogens with zero attached hydrogens (tertiary/aromatic N) is 2. The Bertz CT molecular complexity index is 1010. The number of carbonyl (C=O) groups is 2. The Hall–Kier alpha value is -3.28. The fraction of sp³-hybridized carbons (Fsp3) is 0.190. The van der Waals surface area contributed by atoms with E-state index in [9.17, 15) is 14.0 Å². The largest absolute Gasteiger partial charge is 0.355 e. The quantitative estimate of drug-likeness (QED) is 0.772. The summed E-state index contributed by atoms with van der Waals surface area (Å²) in [6, 6.07) is 13.0. The van der Waals surface area contributed by atoms with Gasteiger partial charge in [0.2, 0.25) is 0 Å². The van der Waals surface area contributed by atoms with Gasteiger partial charge in [0.15, 0.2) is 0 Å². The van der Waals surface area contributed by atoms with Crippen molar-refractivity contribution in [2.24, 2.45) is 0 Å². The van der Waals surface area contributed by atoms with Crippen LogP contribution in [0, 0.1) is 12.7 Å². The highest BCUT2D eigenvalue weighted by Gasteiger charge is 2.17. The SMILES string of the molecule is CNC(=O)c1ccc(CN(C)C(=O)c2cc(C)nc3cc(F)ccc23)cc1. The Kier molecular flexibility index (Phi) is 5.16. The molecule has 6 heteroatoms. The first-order chi connectivity index (χ1) is 12.9. The molecule has 3 rings (SSSR count). The predicted octanol–water partition coefficient (Wildman–Crippen LogP) is 3.31. The number of rotatable bonds is 4. The van der Waals surface area contributed by atoms with Crippen LogP contribution in [0.2, 0.25) is 0 Å². The zero-order chi connectivity index (χ0) is 19.6. The van der Waals surface area contributed by atoms with Gasteiger partial charge in [0, 0.05) is 43.4 Å². The molecule has 0 fully saturated rings. The highest BCUT2D eigenvalue weighted by Crippen LogP contribution is 2.21. The minimum Gasteiger partial charge on any atom is -0.355 e. The molecule has 27 heavy (non-hydrogen) atoms. The smallest absolute Gasteiger partial charge is 0.254 e. The summed E-state index contributed by atoms with van der Waals surface area (Å²) in [7, 11) is 3.29. The Balaban J connectivity index is 1.85. The summed E-state index contributed by atoms with van der Waals surface area (Å²) in [6.45, 7) is 2.16. The minimum atomic E-state index is -0.386. The van der Waals surface area contributed by atoms with Gasteiger partial charge >= 0.3 is 0 Å². The Morgan fingerprint density at radius 1 is 1.11 bits per heavy atom. The van der Waals surface area contributed by atoms with Gasteiger partial charge < -0.3 is 10.2 Å². The van der Waals surface area contributed by atoms with Crippen LogP contribution < -0.4 is 5.32 Å². The van der Waals surface area contributed by atoms with Crippen molar-refractivity contribution in [1.82, 2.24) is 15.2 Å². The molecule has 1 N–H and O–H groups in total. The van der Waals surface area contributed by atoms with Crippen molar-refractivity contribution in [3.63, 3.8) is 0 Å². The van der Waals surface area contributed by atoms with E-state index in [0.717, 1.165) is 5.56 Å². The number of fused-ring (bicyclic) bond motifs is 1. The average Bonchev–Trinajstić information content (AvgIpc) is 2.66. The molecule has 0 unspecified atom stereocenters. The molecular formula is C21H20FN3O2. The molecule has 1 aromatic heterocycles. The number of aromatic nitrogens is 1. The zero-order valence-corrected chi connectivity index (χ0v) is 15.4. The van der Waals surface area contributed by atoms with Crippen LogP contribution in [0.15, 0.2) is 48.5 Å². The van der Waals surface area contributed by atoms with Crippen molar-refractivity contribution in [2.45, 2.75) is 13.5 Å².